The Hall–Kier alpha value is -3.23. The van der Waals surface area contributed by atoms with Gasteiger partial charge in [-0.3, -0.25) is 9.59 Å². The molecular weight excluding hydrogens is 358 g/mol. The van der Waals surface area contributed by atoms with E-state index in [0.29, 0.717) is 24.0 Å². The second-order valence-electron chi connectivity index (χ2n) is 7.07. The lowest BCUT2D eigenvalue weighted by Crippen LogP contribution is -2.41. The van der Waals surface area contributed by atoms with Crippen molar-refractivity contribution in [1.82, 2.24) is 20.5 Å². The molecule has 1 aliphatic carbocycles. The van der Waals surface area contributed by atoms with Gasteiger partial charge in [-0.15, -0.1) is 10.2 Å². The molecule has 1 aromatic heterocycles. The Morgan fingerprint density at radius 2 is 1.93 bits per heavy atom. The van der Waals surface area contributed by atoms with Crippen LogP contribution in [-0.4, -0.2) is 53.7 Å². The standard InChI is InChI=1S/C19H25N7O2/c1-11(22-18(28)14-8-6-13(7-9-14)12-4-5-12)10-26(3)19-23-17(21-2)15(16(20)27)24-25-19/h6-9,11-12H,4-5,10H2,1-3H3,(H2,20,27)(H,22,28)(H,21,23,25). The molecule has 2 amide bonds. The van der Waals surface area contributed by atoms with Crippen LogP contribution in [0.1, 0.15) is 52.1 Å². The largest absolute Gasteiger partial charge is 0.371 e. The van der Waals surface area contributed by atoms with Crippen LogP contribution in [0.25, 0.3) is 0 Å². The van der Waals surface area contributed by atoms with Crippen LogP contribution < -0.4 is 21.3 Å². The second kappa shape index (κ2) is 8.20. The molecule has 0 radical (unpaired) electrons. The van der Waals surface area contributed by atoms with Crippen LogP contribution >= 0.6 is 0 Å². The minimum absolute atomic E-state index is 0.0179. The van der Waals surface area contributed by atoms with Crippen molar-refractivity contribution in [3.63, 3.8) is 0 Å². The predicted molar refractivity (Wildman–Crippen MR) is 107 cm³/mol. The third-order valence-corrected chi connectivity index (χ3v) is 4.63. The van der Waals surface area contributed by atoms with Crippen molar-refractivity contribution < 1.29 is 9.59 Å². The number of benzene rings is 1. The second-order valence-corrected chi connectivity index (χ2v) is 7.07. The Kier molecular flexibility index (Phi) is 5.72. The highest BCUT2D eigenvalue weighted by Gasteiger charge is 2.23. The van der Waals surface area contributed by atoms with Crippen molar-refractivity contribution in [3.8, 4) is 0 Å². The fraction of sp³-hybridized carbons (Fsp3) is 0.421. The van der Waals surface area contributed by atoms with E-state index in [1.807, 2.05) is 31.2 Å². The van der Waals surface area contributed by atoms with Crippen LogP contribution in [0.2, 0.25) is 0 Å². The highest BCUT2D eigenvalue weighted by atomic mass is 16.2. The number of anilines is 2. The first kappa shape index (κ1) is 19.5. The highest BCUT2D eigenvalue weighted by molar-refractivity contribution is 5.95. The average molecular weight is 383 g/mol. The molecule has 9 nitrogen and oxygen atoms in total. The van der Waals surface area contributed by atoms with Gasteiger partial charge in [0.15, 0.2) is 11.5 Å². The number of aromatic nitrogens is 3. The fourth-order valence-corrected chi connectivity index (χ4v) is 2.99. The van der Waals surface area contributed by atoms with Gasteiger partial charge in [0.25, 0.3) is 11.8 Å². The lowest BCUT2D eigenvalue weighted by molar-refractivity contribution is 0.0939. The lowest BCUT2D eigenvalue weighted by atomic mass is 10.1. The van der Waals surface area contributed by atoms with Gasteiger partial charge in [-0.25, -0.2) is 0 Å². The van der Waals surface area contributed by atoms with Crippen molar-refractivity contribution in [2.45, 2.75) is 31.7 Å². The third kappa shape index (κ3) is 4.54. The molecule has 1 atom stereocenters. The molecule has 0 saturated heterocycles. The normalized spacial score (nSPS) is 14.2. The first-order chi connectivity index (χ1) is 13.4. The van der Waals surface area contributed by atoms with Crippen LogP contribution in [0.15, 0.2) is 24.3 Å². The van der Waals surface area contributed by atoms with Crippen LogP contribution in [0.3, 0.4) is 0 Å². The summed E-state index contributed by atoms with van der Waals surface area (Å²) in [6.07, 6.45) is 2.48. The molecule has 1 aromatic carbocycles. The maximum Gasteiger partial charge on any atom is 0.273 e. The molecule has 3 rings (SSSR count). The number of carbonyl (C=O) groups excluding carboxylic acids is 2. The summed E-state index contributed by atoms with van der Waals surface area (Å²) in [5.74, 6) is 0.428. The molecule has 28 heavy (non-hydrogen) atoms. The summed E-state index contributed by atoms with van der Waals surface area (Å²) in [7, 11) is 3.41. The van der Waals surface area contributed by atoms with Crippen LogP contribution in [0.4, 0.5) is 11.8 Å². The van der Waals surface area contributed by atoms with E-state index >= 15 is 0 Å². The van der Waals surface area contributed by atoms with Crippen LogP contribution in [-0.2, 0) is 0 Å². The molecule has 4 N–H and O–H groups in total. The molecule has 1 heterocycles. The smallest absolute Gasteiger partial charge is 0.273 e. The van der Waals surface area contributed by atoms with Gasteiger partial charge in [-0.1, -0.05) is 12.1 Å². The summed E-state index contributed by atoms with van der Waals surface area (Å²) in [6, 6.07) is 7.64. The first-order valence-corrected chi connectivity index (χ1v) is 9.23. The molecule has 0 bridgehead atoms. The molecule has 2 aromatic rings. The Labute approximate surface area is 163 Å². The zero-order chi connectivity index (χ0) is 20.3. The number of amides is 2. The molecule has 0 spiro atoms. The molecule has 1 unspecified atom stereocenters. The summed E-state index contributed by atoms with van der Waals surface area (Å²) in [5, 5.41) is 13.5. The van der Waals surface area contributed by atoms with Gasteiger partial charge < -0.3 is 21.3 Å². The van der Waals surface area contributed by atoms with E-state index in [0.717, 1.165) is 0 Å². The number of hydrogen-bond donors (Lipinski definition) is 3. The van der Waals surface area contributed by atoms with E-state index in [1.54, 1.807) is 19.0 Å². The molecule has 0 aliphatic heterocycles. The van der Waals surface area contributed by atoms with Gasteiger partial charge >= 0.3 is 0 Å². The van der Waals surface area contributed by atoms with E-state index in [9.17, 15) is 9.59 Å². The number of nitrogens with zero attached hydrogens (tertiary/aromatic N) is 4. The van der Waals surface area contributed by atoms with E-state index in [1.165, 1.54) is 18.4 Å². The number of nitrogens with one attached hydrogen (secondary N) is 2. The van der Waals surface area contributed by atoms with Gasteiger partial charge in [-0.2, -0.15) is 4.98 Å². The summed E-state index contributed by atoms with van der Waals surface area (Å²) in [5.41, 5.74) is 7.17. The summed E-state index contributed by atoms with van der Waals surface area (Å²) in [6.45, 7) is 2.36. The summed E-state index contributed by atoms with van der Waals surface area (Å²) < 4.78 is 0. The lowest BCUT2D eigenvalue weighted by Gasteiger charge is -2.22. The maximum atomic E-state index is 12.5. The van der Waals surface area contributed by atoms with Crippen LogP contribution in [0.5, 0.6) is 0 Å². The molecule has 1 saturated carbocycles. The van der Waals surface area contributed by atoms with Crippen molar-refractivity contribution in [2.75, 3.05) is 30.9 Å². The van der Waals surface area contributed by atoms with Gasteiger partial charge in [0.2, 0.25) is 5.95 Å². The molecular formula is C19H25N7O2. The van der Waals surface area contributed by atoms with Gasteiger partial charge in [0.1, 0.15) is 0 Å². The first-order valence-electron chi connectivity index (χ1n) is 9.23. The predicted octanol–water partition coefficient (Wildman–Crippen LogP) is 1.14. The number of hydrogen-bond acceptors (Lipinski definition) is 7. The number of primary amides is 1. The van der Waals surface area contributed by atoms with Crippen LogP contribution in [0, 0.1) is 0 Å². The zero-order valence-corrected chi connectivity index (χ0v) is 16.3. The molecule has 148 valence electrons. The fourth-order valence-electron chi connectivity index (χ4n) is 2.99. The highest BCUT2D eigenvalue weighted by Crippen LogP contribution is 2.39. The minimum Gasteiger partial charge on any atom is -0.371 e. The van der Waals surface area contributed by atoms with Crippen molar-refractivity contribution in [1.29, 1.82) is 0 Å². The van der Waals surface area contributed by atoms with Gasteiger partial charge in [0, 0.05) is 32.2 Å². The number of nitrogens with two attached hydrogens (primary N) is 1. The number of likely N-dealkylation sites (N-methyl/N-ethyl adjacent to an activating group) is 1. The maximum absolute atomic E-state index is 12.5. The topological polar surface area (TPSA) is 126 Å². The van der Waals surface area contributed by atoms with E-state index in [2.05, 4.69) is 25.8 Å². The van der Waals surface area contributed by atoms with Crippen molar-refractivity contribution in [2.24, 2.45) is 5.73 Å². The Morgan fingerprint density at radius 3 is 2.50 bits per heavy atom. The van der Waals surface area contributed by atoms with E-state index in [-0.39, 0.29) is 23.5 Å². The monoisotopic (exact) mass is 383 g/mol. The molecule has 1 aliphatic rings. The van der Waals surface area contributed by atoms with E-state index in [4.69, 9.17) is 5.73 Å². The molecule has 9 heteroatoms. The average Bonchev–Trinajstić information content (AvgIpc) is 3.52. The SMILES string of the molecule is CNc1nc(N(C)CC(C)NC(=O)c2ccc(C3CC3)cc2)nnc1C(N)=O. The quantitative estimate of drug-likeness (QED) is 0.624. The number of rotatable bonds is 8. The summed E-state index contributed by atoms with van der Waals surface area (Å²) >= 11 is 0. The Bertz CT molecular complexity index is 865. The zero-order valence-electron chi connectivity index (χ0n) is 16.3. The van der Waals surface area contributed by atoms with E-state index < -0.39 is 5.91 Å². The van der Waals surface area contributed by atoms with Gasteiger partial charge in [0.05, 0.1) is 0 Å². The third-order valence-electron chi connectivity index (χ3n) is 4.63. The van der Waals surface area contributed by atoms with Gasteiger partial charge in [-0.05, 0) is 43.4 Å². The Balaban J connectivity index is 1.59. The Morgan fingerprint density at radius 1 is 1.25 bits per heavy atom. The molecule has 1 fully saturated rings. The van der Waals surface area contributed by atoms with Crippen molar-refractivity contribution in [3.05, 3.63) is 41.1 Å². The van der Waals surface area contributed by atoms with Crippen molar-refractivity contribution >= 4 is 23.6 Å². The summed E-state index contributed by atoms with van der Waals surface area (Å²) in [4.78, 5) is 29.8. The minimum atomic E-state index is -0.702. The number of carbonyl (C=O) groups is 2.